The molecule has 7 heteroatoms. The number of anilines is 1. The van der Waals surface area contributed by atoms with E-state index in [9.17, 15) is 0 Å². The van der Waals surface area contributed by atoms with Crippen LogP contribution in [0.25, 0.3) is 12.2 Å². The second-order valence-electron chi connectivity index (χ2n) is 4.39. The normalized spacial score (nSPS) is 11.4. The molecule has 1 aromatic carbocycles. The average Bonchev–Trinajstić information content (AvgIpc) is 2.53. The SMILES string of the molecule is Cc1nnc(NC=NCCO)nc1/C=C/c1ccc(Cl)cc1. The number of benzene rings is 1. The van der Waals surface area contributed by atoms with Crippen LogP contribution in [0.5, 0.6) is 0 Å². The van der Waals surface area contributed by atoms with Gasteiger partial charge in [-0.2, -0.15) is 0 Å². The van der Waals surface area contributed by atoms with E-state index < -0.39 is 0 Å². The largest absolute Gasteiger partial charge is 0.394 e. The van der Waals surface area contributed by atoms with E-state index >= 15 is 0 Å². The van der Waals surface area contributed by atoms with E-state index in [1.165, 1.54) is 6.34 Å². The number of aliphatic imine (C=N–C) groups is 1. The summed E-state index contributed by atoms with van der Waals surface area (Å²) in [6.45, 7) is 2.17. The number of hydrogen-bond acceptors (Lipinski definition) is 5. The lowest BCUT2D eigenvalue weighted by Crippen LogP contribution is -2.06. The van der Waals surface area contributed by atoms with Crippen LogP contribution >= 0.6 is 11.6 Å². The summed E-state index contributed by atoms with van der Waals surface area (Å²) in [5.41, 5.74) is 2.45. The second-order valence-corrected chi connectivity index (χ2v) is 4.83. The number of halogens is 1. The van der Waals surface area contributed by atoms with Crippen molar-refractivity contribution in [1.29, 1.82) is 0 Å². The van der Waals surface area contributed by atoms with Gasteiger partial charge >= 0.3 is 0 Å². The van der Waals surface area contributed by atoms with Crippen LogP contribution in [0.2, 0.25) is 5.02 Å². The molecule has 0 aliphatic heterocycles. The third-order valence-electron chi connectivity index (χ3n) is 2.71. The van der Waals surface area contributed by atoms with Gasteiger partial charge in [0.25, 0.3) is 0 Å². The van der Waals surface area contributed by atoms with Crippen molar-refractivity contribution in [3.8, 4) is 0 Å². The van der Waals surface area contributed by atoms with E-state index in [0.717, 1.165) is 11.3 Å². The molecule has 0 saturated carbocycles. The first-order valence-electron chi connectivity index (χ1n) is 6.69. The predicted octanol–water partition coefficient (Wildman–Crippen LogP) is 2.44. The minimum Gasteiger partial charge on any atom is -0.394 e. The summed E-state index contributed by atoms with van der Waals surface area (Å²) in [6, 6.07) is 7.50. The first kappa shape index (κ1) is 16.1. The van der Waals surface area contributed by atoms with Gasteiger partial charge in [0.05, 0.1) is 30.9 Å². The smallest absolute Gasteiger partial charge is 0.248 e. The van der Waals surface area contributed by atoms with E-state index in [1.807, 2.05) is 43.3 Å². The molecule has 0 bridgehead atoms. The monoisotopic (exact) mass is 317 g/mol. The standard InChI is InChI=1S/C15H16ClN5O/c1-11-14(7-4-12-2-5-13(16)6-3-12)19-15(21-20-11)18-10-17-8-9-22/h2-7,10,22H,8-9H2,1H3,(H,17,18,19,21)/b7-4+. The van der Waals surface area contributed by atoms with E-state index in [1.54, 1.807) is 0 Å². The molecular weight excluding hydrogens is 302 g/mol. The molecule has 22 heavy (non-hydrogen) atoms. The summed E-state index contributed by atoms with van der Waals surface area (Å²) < 4.78 is 0. The van der Waals surface area contributed by atoms with Crippen molar-refractivity contribution in [2.24, 2.45) is 4.99 Å². The number of nitrogens with zero attached hydrogens (tertiary/aromatic N) is 4. The molecule has 2 rings (SSSR count). The summed E-state index contributed by atoms with van der Waals surface area (Å²) in [6.07, 6.45) is 5.23. The van der Waals surface area contributed by atoms with Crippen LogP contribution in [-0.2, 0) is 0 Å². The number of aromatic nitrogens is 3. The van der Waals surface area contributed by atoms with Crippen molar-refractivity contribution in [1.82, 2.24) is 15.2 Å². The number of aliphatic hydroxyl groups excluding tert-OH is 1. The van der Waals surface area contributed by atoms with Crippen molar-refractivity contribution in [2.75, 3.05) is 18.5 Å². The van der Waals surface area contributed by atoms with Crippen LogP contribution in [0.1, 0.15) is 17.0 Å². The van der Waals surface area contributed by atoms with E-state index in [0.29, 0.717) is 23.2 Å². The van der Waals surface area contributed by atoms with Crippen molar-refractivity contribution in [3.63, 3.8) is 0 Å². The van der Waals surface area contributed by atoms with Crippen LogP contribution in [0.3, 0.4) is 0 Å². The molecule has 0 spiro atoms. The second kappa shape index (κ2) is 8.21. The van der Waals surface area contributed by atoms with Crippen molar-refractivity contribution < 1.29 is 5.11 Å². The van der Waals surface area contributed by atoms with E-state index in [4.69, 9.17) is 16.7 Å². The molecule has 0 aliphatic carbocycles. The fourth-order valence-corrected chi connectivity index (χ4v) is 1.71. The van der Waals surface area contributed by atoms with Crippen LogP contribution < -0.4 is 5.32 Å². The van der Waals surface area contributed by atoms with Crippen LogP contribution in [-0.4, -0.2) is 39.8 Å². The van der Waals surface area contributed by atoms with Crippen molar-refractivity contribution in [2.45, 2.75) is 6.92 Å². The summed E-state index contributed by atoms with van der Waals surface area (Å²) in [7, 11) is 0. The Morgan fingerprint density at radius 2 is 2.00 bits per heavy atom. The van der Waals surface area contributed by atoms with Gasteiger partial charge in [0.15, 0.2) is 0 Å². The molecule has 1 aromatic heterocycles. The molecule has 0 aliphatic rings. The lowest BCUT2D eigenvalue weighted by Gasteiger charge is -2.02. The lowest BCUT2D eigenvalue weighted by molar-refractivity contribution is 0.307. The molecule has 0 radical (unpaired) electrons. The Morgan fingerprint density at radius 3 is 2.73 bits per heavy atom. The van der Waals surface area contributed by atoms with Crippen molar-refractivity contribution >= 4 is 36.0 Å². The molecule has 114 valence electrons. The summed E-state index contributed by atoms with van der Waals surface area (Å²) in [5, 5.41) is 20.1. The first-order valence-corrected chi connectivity index (χ1v) is 7.07. The number of aliphatic hydroxyl groups is 1. The van der Waals surface area contributed by atoms with Crippen LogP contribution in [0.4, 0.5) is 5.95 Å². The molecule has 0 fully saturated rings. The van der Waals surface area contributed by atoms with Gasteiger partial charge in [0.1, 0.15) is 0 Å². The maximum atomic E-state index is 8.64. The summed E-state index contributed by atoms with van der Waals surface area (Å²) in [4.78, 5) is 8.27. The minimum absolute atomic E-state index is 0.000263. The lowest BCUT2D eigenvalue weighted by atomic mass is 10.2. The Kier molecular flexibility index (Phi) is 6.00. The van der Waals surface area contributed by atoms with Gasteiger partial charge in [-0.05, 0) is 30.7 Å². The quantitative estimate of drug-likeness (QED) is 0.631. The highest BCUT2D eigenvalue weighted by molar-refractivity contribution is 6.30. The van der Waals surface area contributed by atoms with E-state index in [2.05, 4.69) is 25.5 Å². The Hall–Kier alpha value is -2.31. The first-order chi connectivity index (χ1) is 10.7. The zero-order chi connectivity index (χ0) is 15.8. The zero-order valence-electron chi connectivity index (χ0n) is 12.1. The minimum atomic E-state index is 0.000263. The topological polar surface area (TPSA) is 83.3 Å². The van der Waals surface area contributed by atoms with Gasteiger partial charge in [0.2, 0.25) is 5.95 Å². The molecule has 0 unspecified atom stereocenters. The number of aryl methyl sites for hydroxylation is 1. The fraction of sp³-hybridized carbons (Fsp3) is 0.200. The Bertz CT molecular complexity index is 670. The molecule has 0 atom stereocenters. The average molecular weight is 318 g/mol. The Morgan fingerprint density at radius 1 is 1.23 bits per heavy atom. The van der Waals surface area contributed by atoms with Gasteiger partial charge < -0.3 is 10.4 Å². The zero-order valence-corrected chi connectivity index (χ0v) is 12.8. The highest BCUT2D eigenvalue weighted by Crippen LogP contribution is 2.13. The molecular formula is C15H16ClN5O. The summed E-state index contributed by atoms with van der Waals surface area (Å²) >= 11 is 5.85. The molecule has 2 N–H and O–H groups in total. The predicted molar refractivity (Wildman–Crippen MR) is 89.0 cm³/mol. The molecule has 0 amide bonds. The number of nitrogens with one attached hydrogen (secondary N) is 1. The van der Waals surface area contributed by atoms with Gasteiger partial charge in [0, 0.05) is 5.02 Å². The third kappa shape index (κ3) is 4.91. The molecule has 6 nitrogen and oxygen atoms in total. The van der Waals surface area contributed by atoms with Gasteiger partial charge in [-0.25, -0.2) is 4.98 Å². The number of hydrogen-bond donors (Lipinski definition) is 2. The summed E-state index contributed by atoms with van der Waals surface area (Å²) in [5.74, 6) is 0.350. The Labute approximate surface area is 133 Å². The molecule has 0 saturated heterocycles. The fourth-order valence-electron chi connectivity index (χ4n) is 1.58. The van der Waals surface area contributed by atoms with E-state index in [-0.39, 0.29) is 6.61 Å². The highest BCUT2D eigenvalue weighted by atomic mass is 35.5. The molecule has 2 aromatic rings. The third-order valence-corrected chi connectivity index (χ3v) is 2.96. The van der Waals surface area contributed by atoms with Crippen molar-refractivity contribution in [3.05, 3.63) is 46.2 Å². The maximum Gasteiger partial charge on any atom is 0.248 e. The molecule has 1 heterocycles. The van der Waals surface area contributed by atoms with Gasteiger partial charge in [-0.15, -0.1) is 10.2 Å². The van der Waals surface area contributed by atoms with Gasteiger partial charge in [-0.1, -0.05) is 29.8 Å². The van der Waals surface area contributed by atoms with Crippen LogP contribution in [0, 0.1) is 6.92 Å². The Balaban J connectivity index is 2.11. The highest BCUT2D eigenvalue weighted by Gasteiger charge is 2.01. The van der Waals surface area contributed by atoms with Gasteiger partial charge in [-0.3, -0.25) is 4.99 Å². The maximum absolute atomic E-state index is 8.64. The van der Waals surface area contributed by atoms with Crippen LogP contribution in [0.15, 0.2) is 29.3 Å². The number of rotatable bonds is 6.